The van der Waals surface area contributed by atoms with Gasteiger partial charge in [-0.15, -0.1) is 0 Å². The number of esters is 1. The molecule has 0 aliphatic carbocycles. The van der Waals surface area contributed by atoms with Gasteiger partial charge in [-0.2, -0.15) is 0 Å². The maximum atomic E-state index is 12.9. The summed E-state index contributed by atoms with van der Waals surface area (Å²) in [6, 6.07) is 0. The lowest BCUT2D eigenvalue weighted by molar-refractivity contribution is -0.148. The van der Waals surface area contributed by atoms with Gasteiger partial charge >= 0.3 is 5.97 Å². The SMILES string of the molecule is CCOC(=O)[C@@H]1CC(S(N)(=O)=O)CN(c2ncc(F)cn2)C1. The Morgan fingerprint density at radius 3 is 2.64 bits per heavy atom. The number of hydrogen-bond donors (Lipinski definition) is 1. The van der Waals surface area contributed by atoms with Crippen molar-refractivity contribution in [3.63, 3.8) is 0 Å². The molecule has 1 aliphatic rings. The Morgan fingerprint density at radius 2 is 2.09 bits per heavy atom. The van der Waals surface area contributed by atoms with Crippen LogP contribution in [0.25, 0.3) is 0 Å². The highest BCUT2D eigenvalue weighted by atomic mass is 32.2. The van der Waals surface area contributed by atoms with Crippen LogP contribution < -0.4 is 10.0 Å². The van der Waals surface area contributed by atoms with Crippen molar-refractivity contribution in [1.82, 2.24) is 9.97 Å². The van der Waals surface area contributed by atoms with E-state index in [4.69, 9.17) is 9.88 Å². The predicted octanol–water partition coefficient (Wildman–Crippen LogP) is -0.338. The number of anilines is 1. The van der Waals surface area contributed by atoms with Crippen LogP contribution in [-0.2, 0) is 19.6 Å². The molecule has 22 heavy (non-hydrogen) atoms. The molecular formula is C12H17FN4O4S. The fourth-order valence-electron chi connectivity index (χ4n) is 2.35. The van der Waals surface area contributed by atoms with E-state index in [1.807, 2.05) is 0 Å². The molecule has 122 valence electrons. The predicted molar refractivity (Wildman–Crippen MR) is 75.8 cm³/mol. The third-order valence-electron chi connectivity index (χ3n) is 3.39. The molecule has 1 fully saturated rings. The molecule has 2 N–H and O–H groups in total. The molecule has 0 aromatic carbocycles. The highest BCUT2D eigenvalue weighted by Gasteiger charge is 2.38. The van der Waals surface area contributed by atoms with Gasteiger partial charge < -0.3 is 9.64 Å². The quantitative estimate of drug-likeness (QED) is 0.750. The maximum Gasteiger partial charge on any atom is 0.310 e. The van der Waals surface area contributed by atoms with Crippen LogP contribution in [0.2, 0.25) is 0 Å². The number of primary sulfonamides is 1. The monoisotopic (exact) mass is 332 g/mol. The van der Waals surface area contributed by atoms with Crippen molar-refractivity contribution in [3.8, 4) is 0 Å². The van der Waals surface area contributed by atoms with Crippen molar-refractivity contribution >= 4 is 21.9 Å². The number of carbonyl (C=O) groups is 1. The highest BCUT2D eigenvalue weighted by Crippen LogP contribution is 2.24. The van der Waals surface area contributed by atoms with Crippen molar-refractivity contribution in [1.29, 1.82) is 0 Å². The van der Waals surface area contributed by atoms with Crippen LogP contribution in [0.15, 0.2) is 12.4 Å². The fraction of sp³-hybridized carbons (Fsp3) is 0.583. The summed E-state index contributed by atoms with van der Waals surface area (Å²) < 4.78 is 41.1. The van der Waals surface area contributed by atoms with Crippen LogP contribution in [0.1, 0.15) is 13.3 Å². The van der Waals surface area contributed by atoms with E-state index in [0.29, 0.717) is 0 Å². The number of ether oxygens (including phenoxy) is 1. The zero-order valence-corrected chi connectivity index (χ0v) is 12.8. The summed E-state index contributed by atoms with van der Waals surface area (Å²) in [4.78, 5) is 21.0. The average Bonchev–Trinajstić information content (AvgIpc) is 2.47. The molecule has 0 amide bonds. The van der Waals surface area contributed by atoms with Crippen LogP contribution in [-0.4, -0.2) is 49.3 Å². The van der Waals surface area contributed by atoms with Crippen molar-refractivity contribution < 1.29 is 22.3 Å². The van der Waals surface area contributed by atoms with Gasteiger partial charge in [0.1, 0.15) is 0 Å². The average molecular weight is 332 g/mol. The van der Waals surface area contributed by atoms with E-state index in [0.717, 1.165) is 12.4 Å². The standard InChI is InChI=1S/C12H17FN4O4S/c1-2-21-11(18)8-3-10(22(14,19)20)7-17(6-8)12-15-4-9(13)5-16-12/h4-5,8,10H,2-3,6-7H2,1H3,(H2,14,19,20)/t8-,10?/m1/s1. The Morgan fingerprint density at radius 1 is 1.45 bits per heavy atom. The lowest BCUT2D eigenvalue weighted by Gasteiger charge is -2.35. The van der Waals surface area contributed by atoms with Gasteiger partial charge in [-0.3, -0.25) is 4.79 Å². The van der Waals surface area contributed by atoms with Gasteiger partial charge in [-0.25, -0.2) is 27.9 Å². The van der Waals surface area contributed by atoms with Gasteiger partial charge in [0.05, 0.1) is 30.2 Å². The first-order valence-corrected chi connectivity index (χ1v) is 8.33. The smallest absolute Gasteiger partial charge is 0.310 e. The zero-order chi connectivity index (χ0) is 16.3. The molecule has 8 nitrogen and oxygen atoms in total. The summed E-state index contributed by atoms with van der Waals surface area (Å²) in [5.41, 5.74) is 0. The van der Waals surface area contributed by atoms with Gasteiger partial charge in [0.25, 0.3) is 0 Å². The minimum absolute atomic E-state index is 0.0420. The van der Waals surface area contributed by atoms with Crippen LogP contribution >= 0.6 is 0 Å². The van der Waals surface area contributed by atoms with E-state index in [1.165, 1.54) is 4.90 Å². The number of piperidine rings is 1. The highest BCUT2D eigenvalue weighted by molar-refractivity contribution is 7.89. The Labute approximate surface area is 127 Å². The number of rotatable bonds is 4. The molecule has 2 heterocycles. The molecule has 2 rings (SSSR count). The lowest BCUT2D eigenvalue weighted by atomic mass is 9.98. The van der Waals surface area contributed by atoms with Crippen LogP contribution in [0.5, 0.6) is 0 Å². The largest absolute Gasteiger partial charge is 0.466 e. The molecule has 1 saturated heterocycles. The Bertz CT molecular complexity index is 637. The van der Waals surface area contributed by atoms with Gasteiger partial charge in [-0.1, -0.05) is 0 Å². The first-order valence-electron chi connectivity index (χ1n) is 6.72. The van der Waals surface area contributed by atoms with Crippen molar-refractivity contribution in [2.75, 3.05) is 24.6 Å². The van der Waals surface area contributed by atoms with E-state index < -0.39 is 33.0 Å². The second-order valence-electron chi connectivity index (χ2n) is 5.00. The summed E-state index contributed by atoms with van der Waals surface area (Å²) in [6.45, 7) is 2.10. The molecule has 1 aromatic heterocycles. The van der Waals surface area contributed by atoms with E-state index in [9.17, 15) is 17.6 Å². The molecule has 2 atom stereocenters. The number of nitrogens with two attached hydrogens (primary N) is 1. The molecule has 0 bridgehead atoms. The normalized spacial score (nSPS) is 22.4. The van der Waals surface area contributed by atoms with Gasteiger partial charge in [0, 0.05) is 13.1 Å². The topological polar surface area (TPSA) is 115 Å². The summed E-state index contributed by atoms with van der Waals surface area (Å²) in [5.74, 6) is -1.62. The molecule has 10 heteroatoms. The number of hydrogen-bond acceptors (Lipinski definition) is 7. The van der Waals surface area contributed by atoms with E-state index in [2.05, 4.69) is 9.97 Å². The molecule has 1 unspecified atom stereocenters. The van der Waals surface area contributed by atoms with E-state index >= 15 is 0 Å². The fourth-order valence-corrected chi connectivity index (χ4v) is 3.24. The third kappa shape index (κ3) is 3.89. The second kappa shape index (κ2) is 6.53. The van der Waals surface area contributed by atoms with Gasteiger partial charge in [-0.05, 0) is 13.3 Å². The summed E-state index contributed by atoms with van der Waals surface area (Å²) in [7, 11) is -3.84. The van der Waals surface area contributed by atoms with E-state index in [1.54, 1.807) is 6.92 Å². The summed E-state index contributed by atoms with van der Waals surface area (Å²) in [5, 5.41) is 4.26. The molecular weight excluding hydrogens is 315 g/mol. The van der Waals surface area contributed by atoms with E-state index in [-0.39, 0.29) is 32.1 Å². The summed E-state index contributed by atoms with van der Waals surface area (Å²) in [6.07, 6.45) is 2.03. The first kappa shape index (κ1) is 16.6. The van der Waals surface area contributed by atoms with Crippen LogP contribution in [0, 0.1) is 11.7 Å². The molecule has 0 radical (unpaired) electrons. The molecule has 1 aliphatic heterocycles. The van der Waals surface area contributed by atoms with Crippen LogP contribution in [0.3, 0.4) is 0 Å². The van der Waals surface area contributed by atoms with Crippen molar-refractivity contribution in [2.24, 2.45) is 11.1 Å². The second-order valence-corrected chi connectivity index (χ2v) is 6.85. The minimum Gasteiger partial charge on any atom is -0.466 e. The van der Waals surface area contributed by atoms with Gasteiger partial charge in [0.15, 0.2) is 5.82 Å². The number of carbonyl (C=O) groups excluding carboxylic acids is 1. The lowest BCUT2D eigenvalue weighted by Crippen LogP contribution is -2.51. The number of aromatic nitrogens is 2. The van der Waals surface area contributed by atoms with Gasteiger partial charge in [0.2, 0.25) is 16.0 Å². The van der Waals surface area contributed by atoms with Crippen molar-refractivity contribution in [2.45, 2.75) is 18.6 Å². The van der Waals surface area contributed by atoms with Crippen LogP contribution in [0.4, 0.5) is 10.3 Å². The number of nitrogens with zero attached hydrogens (tertiary/aromatic N) is 3. The molecule has 1 aromatic rings. The Hall–Kier alpha value is -1.81. The number of halogens is 1. The molecule has 0 saturated carbocycles. The Kier molecular flexibility index (Phi) is 4.91. The minimum atomic E-state index is -3.84. The Balaban J connectivity index is 2.25. The first-order chi connectivity index (χ1) is 10.3. The number of sulfonamides is 1. The summed E-state index contributed by atoms with van der Waals surface area (Å²) >= 11 is 0. The van der Waals surface area contributed by atoms with Crippen molar-refractivity contribution in [3.05, 3.63) is 18.2 Å². The molecule has 0 spiro atoms. The third-order valence-corrected chi connectivity index (χ3v) is 4.66. The maximum absolute atomic E-state index is 12.9. The zero-order valence-electron chi connectivity index (χ0n) is 12.0.